The number of thiazole rings is 1. The zero-order valence-corrected chi connectivity index (χ0v) is 11.6. The van der Waals surface area contributed by atoms with E-state index in [1.165, 1.54) is 11.3 Å². The maximum atomic E-state index is 11.4. The molecule has 0 fully saturated rings. The smallest absolute Gasteiger partial charge is 0.413 e. The summed E-state index contributed by atoms with van der Waals surface area (Å²) in [5, 5.41) is 3.08. The molecule has 0 spiro atoms. The first-order chi connectivity index (χ1) is 7.90. The molecule has 0 aliphatic heterocycles. The molecule has 6 heteroatoms. The summed E-state index contributed by atoms with van der Waals surface area (Å²) in [7, 11) is 0. The molecular weight excluding hydrogens is 260 g/mol. The molecule has 0 aliphatic carbocycles. The van der Waals surface area contributed by atoms with E-state index in [1.807, 2.05) is 32.9 Å². The number of allylic oxidation sites excluding steroid dienone is 1. The Kier molecular flexibility index (Phi) is 4.96. The first kappa shape index (κ1) is 14.0. The summed E-state index contributed by atoms with van der Waals surface area (Å²) in [6.07, 6.45) is 4.83. The van der Waals surface area contributed by atoms with E-state index in [1.54, 1.807) is 6.20 Å². The lowest BCUT2D eigenvalue weighted by Gasteiger charge is -2.18. The predicted molar refractivity (Wildman–Crippen MR) is 71.7 cm³/mol. The van der Waals surface area contributed by atoms with Crippen LogP contribution in [0.1, 0.15) is 25.6 Å². The van der Waals surface area contributed by atoms with Crippen LogP contribution < -0.4 is 5.32 Å². The Balaban J connectivity index is 2.55. The van der Waals surface area contributed by atoms with Crippen LogP contribution in [0.2, 0.25) is 0 Å². The maximum absolute atomic E-state index is 11.4. The van der Waals surface area contributed by atoms with Crippen molar-refractivity contribution in [2.24, 2.45) is 0 Å². The van der Waals surface area contributed by atoms with Gasteiger partial charge in [0, 0.05) is 17.0 Å². The van der Waals surface area contributed by atoms with E-state index in [0.717, 1.165) is 4.88 Å². The largest absolute Gasteiger partial charge is 0.444 e. The van der Waals surface area contributed by atoms with Gasteiger partial charge in [-0.2, -0.15) is 0 Å². The summed E-state index contributed by atoms with van der Waals surface area (Å²) in [6.45, 7) is 5.43. The van der Waals surface area contributed by atoms with Crippen molar-refractivity contribution in [1.29, 1.82) is 0 Å². The van der Waals surface area contributed by atoms with Crippen LogP contribution in [0.4, 0.5) is 9.93 Å². The number of halogens is 1. The number of aromatic nitrogens is 1. The zero-order chi connectivity index (χ0) is 12.9. The molecule has 0 aromatic carbocycles. The molecule has 0 radical (unpaired) electrons. The molecule has 0 unspecified atom stereocenters. The van der Waals surface area contributed by atoms with Gasteiger partial charge >= 0.3 is 6.09 Å². The Morgan fingerprint density at radius 2 is 2.35 bits per heavy atom. The third kappa shape index (κ3) is 5.70. The van der Waals surface area contributed by atoms with Gasteiger partial charge in [0.05, 0.1) is 0 Å². The molecule has 0 bridgehead atoms. The summed E-state index contributed by atoms with van der Waals surface area (Å²) in [4.78, 5) is 16.4. The number of hydrogen-bond acceptors (Lipinski definition) is 4. The average Bonchev–Trinajstić information content (AvgIpc) is 2.59. The monoisotopic (exact) mass is 274 g/mol. The number of hydrogen-bond donors (Lipinski definition) is 1. The minimum atomic E-state index is -0.511. The zero-order valence-electron chi connectivity index (χ0n) is 9.99. The van der Waals surface area contributed by atoms with Crippen molar-refractivity contribution in [3.63, 3.8) is 0 Å². The molecule has 1 heterocycles. The van der Waals surface area contributed by atoms with Crippen molar-refractivity contribution in [2.45, 2.75) is 26.4 Å². The lowest BCUT2D eigenvalue weighted by molar-refractivity contribution is 0.0636. The number of amides is 1. The van der Waals surface area contributed by atoms with E-state index in [4.69, 9.17) is 16.3 Å². The number of alkyl halides is 1. The van der Waals surface area contributed by atoms with Crippen LogP contribution in [-0.4, -0.2) is 22.6 Å². The van der Waals surface area contributed by atoms with Crippen molar-refractivity contribution in [1.82, 2.24) is 4.98 Å². The van der Waals surface area contributed by atoms with E-state index in [0.29, 0.717) is 11.0 Å². The second-order valence-electron chi connectivity index (χ2n) is 4.25. The van der Waals surface area contributed by atoms with Gasteiger partial charge in [0.15, 0.2) is 5.13 Å². The maximum Gasteiger partial charge on any atom is 0.413 e. The highest BCUT2D eigenvalue weighted by Crippen LogP contribution is 2.20. The fourth-order valence-corrected chi connectivity index (χ4v) is 1.79. The van der Waals surface area contributed by atoms with Crippen LogP contribution in [0.25, 0.3) is 6.08 Å². The Morgan fingerprint density at radius 3 is 2.94 bits per heavy atom. The van der Waals surface area contributed by atoms with Crippen molar-refractivity contribution in [3.8, 4) is 0 Å². The van der Waals surface area contributed by atoms with Gasteiger partial charge in [0.2, 0.25) is 0 Å². The average molecular weight is 275 g/mol. The quantitative estimate of drug-likeness (QED) is 0.854. The molecule has 0 atom stereocenters. The Bertz CT molecular complexity index is 410. The van der Waals surface area contributed by atoms with E-state index >= 15 is 0 Å². The highest BCUT2D eigenvalue weighted by molar-refractivity contribution is 7.16. The number of carbonyl (C=O) groups is 1. The van der Waals surface area contributed by atoms with Crippen LogP contribution in [0, 0.1) is 0 Å². The number of nitrogens with zero attached hydrogens (tertiary/aromatic N) is 1. The Labute approximate surface area is 110 Å². The Hall–Kier alpha value is -1.07. The molecule has 94 valence electrons. The molecular formula is C11H15ClN2O2S. The third-order valence-electron chi connectivity index (χ3n) is 1.50. The number of anilines is 1. The second-order valence-corrected chi connectivity index (χ2v) is 5.62. The molecule has 1 aromatic heterocycles. The van der Waals surface area contributed by atoms with Crippen molar-refractivity contribution in [2.75, 3.05) is 11.2 Å². The molecule has 1 amide bonds. The van der Waals surface area contributed by atoms with Crippen LogP contribution in [0.5, 0.6) is 0 Å². The molecule has 4 nitrogen and oxygen atoms in total. The summed E-state index contributed by atoms with van der Waals surface area (Å²) in [6, 6.07) is 0. The molecule has 1 rings (SSSR count). The summed E-state index contributed by atoms with van der Waals surface area (Å²) < 4.78 is 5.11. The van der Waals surface area contributed by atoms with Crippen LogP contribution in [-0.2, 0) is 4.74 Å². The van der Waals surface area contributed by atoms with Crippen LogP contribution >= 0.6 is 22.9 Å². The van der Waals surface area contributed by atoms with Gasteiger partial charge in [-0.3, -0.25) is 5.32 Å². The lowest BCUT2D eigenvalue weighted by atomic mass is 10.2. The second kappa shape index (κ2) is 6.02. The van der Waals surface area contributed by atoms with Crippen molar-refractivity contribution in [3.05, 3.63) is 17.2 Å². The minimum Gasteiger partial charge on any atom is -0.444 e. The summed E-state index contributed by atoms with van der Waals surface area (Å²) >= 11 is 6.88. The van der Waals surface area contributed by atoms with Gasteiger partial charge in [-0.05, 0) is 26.8 Å². The van der Waals surface area contributed by atoms with E-state index in [2.05, 4.69) is 10.3 Å². The van der Waals surface area contributed by atoms with E-state index in [-0.39, 0.29) is 0 Å². The van der Waals surface area contributed by atoms with Gasteiger partial charge < -0.3 is 4.74 Å². The highest BCUT2D eigenvalue weighted by Gasteiger charge is 2.16. The Morgan fingerprint density at radius 1 is 1.65 bits per heavy atom. The topological polar surface area (TPSA) is 51.2 Å². The molecule has 17 heavy (non-hydrogen) atoms. The normalized spacial score (nSPS) is 11.8. The van der Waals surface area contributed by atoms with Crippen molar-refractivity contribution < 1.29 is 9.53 Å². The molecule has 0 aliphatic rings. The van der Waals surface area contributed by atoms with E-state index < -0.39 is 11.7 Å². The molecule has 1 aromatic rings. The van der Waals surface area contributed by atoms with Crippen LogP contribution in [0.15, 0.2) is 12.3 Å². The lowest BCUT2D eigenvalue weighted by Crippen LogP contribution is -2.27. The van der Waals surface area contributed by atoms with Gasteiger partial charge in [-0.1, -0.05) is 17.4 Å². The summed E-state index contributed by atoms with van der Waals surface area (Å²) in [5.41, 5.74) is -0.511. The molecule has 1 N–H and O–H groups in total. The SMILES string of the molecule is CC(C)(C)OC(=O)Nc1ncc(C=CCCl)s1. The van der Waals surface area contributed by atoms with Gasteiger partial charge in [-0.15, -0.1) is 11.6 Å². The molecule has 0 saturated carbocycles. The number of carbonyl (C=O) groups excluding carboxylic acids is 1. The highest BCUT2D eigenvalue weighted by atomic mass is 35.5. The van der Waals surface area contributed by atoms with Crippen molar-refractivity contribution >= 4 is 40.2 Å². The fourth-order valence-electron chi connectivity index (χ4n) is 0.973. The first-order valence-electron chi connectivity index (χ1n) is 5.09. The number of ether oxygens (including phenoxy) is 1. The predicted octanol–water partition coefficient (Wildman–Crippen LogP) is 3.74. The first-order valence-corrected chi connectivity index (χ1v) is 6.44. The number of rotatable bonds is 3. The van der Waals surface area contributed by atoms with Gasteiger partial charge in [0.1, 0.15) is 5.60 Å². The van der Waals surface area contributed by atoms with Crippen LogP contribution in [0.3, 0.4) is 0 Å². The van der Waals surface area contributed by atoms with E-state index in [9.17, 15) is 4.79 Å². The van der Waals surface area contributed by atoms with Gasteiger partial charge in [-0.25, -0.2) is 9.78 Å². The third-order valence-corrected chi connectivity index (χ3v) is 2.56. The van der Waals surface area contributed by atoms with Gasteiger partial charge in [0.25, 0.3) is 0 Å². The standard InChI is InChI=1S/C11H15ClN2O2S/c1-11(2,3)16-10(15)14-9-13-7-8(17-9)5-4-6-12/h4-5,7H,6H2,1-3H3,(H,13,14,15). The summed E-state index contributed by atoms with van der Waals surface area (Å²) in [5.74, 6) is 0.451. The number of nitrogens with one attached hydrogen (secondary N) is 1. The fraction of sp³-hybridized carbons (Fsp3) is 0.455. The molecule has 0 saturated heterocycles. The minimum absolute atomic E-state index is 0.451.